The zero-order valence-electron chi connectivity index (χ0n) is 11.9. The van der Waals surface area contributed by atoms with Crippen LogP contribution in [0, 0.1) is 6.92 Å². The first-order chi connectivity index (χ1) is 8.91. The van der Waals surface area contributed by atoms with E-state index >= 15 is 0 Å². The van der Waals surface area contributed by atoms with Crippen LogP contribution in [0.3, 0.4) is 0 Å². The van der Waals surface area contributed by atoms with E-state index in [1.54, 1.807) is 0 Å². The number of halogens is 1. The summed E-state index contributed by atoms with van der Waals surface area (Å²) in [6, 6.07) is 6.84. The zero-order valence-corrected chi connectivity index (χ0v) is 13.5. The molecule has 0 amide bonds. The van der Waals surface area contributed by atoms with E-state index in [0.29, 0.717) is 6.04 Å². The molecule has 4 heteroatoms. The maximum Gasteiger partial charge on any atom is 0.0446 e. The van der Waals surface area contributed by atoms with Crippen molar-refractivity contribution in [2.75, 3.05) is 24.6 Å². The Morgan fingerprint density at radius 1 is 1.47 bits per heavy atom. The Morgan fingerprint density at radius 2 is 2.21 bits per heavy atom. The van der Waals surface area contributed by atoms with E-state index in [9.17, 15) is 0 Å². The summed E-state index contributed by atoms with van der Waals surface area (Å²) in [7, 11) is 0. The highest BCUT2D eigenvalue weighted by Crippen LogP contribution is 2.26. The van der Waals surface area contributed by atoms with Crippen LogP contribution < -0.4 is 10.2 Å². The van der Waals surface area contributed by atoms with Gasteiger partial charge in [0.2, 0.25) is 0 Å². The van der Waals surface area contributed by atoms with Crippen molar-refractivity contribution in [3.63, 3.8) is 0 Å². The summed E-state index contributed by atoms with van der Waals surface area (Å²) < 4.78 is 1.15. The SMILES string of the molecule is Cc1cc(N2CC(CCO)NC(C)(C)C2)ccc1Br. The first-order valence-electron chi connectivity index (χ1n) is 6.81. The fourth-order valence-corrected chi connectivity index (χ4v) is 3.04. The van der Waals surface area contributed by atoms with Crippen LogP contribution in [0.5, 0.6) is 0 Å². The molecule has 1 aromatic rings. The Labute approximate surface area is 124 Å². The van der Waals surface area contributed by atoms with Crippen LogP contribution in [-0.4, -0.2) is 36.4 Å². The number of anilines is 1. The summed E-state index contributed by atoms with van der Waals surface area (Å²) in [5, 5.41) is 12.8. The molecule has 1 fully saturated rings. The highest BCUT2D eigenvalue weighted by Gasteiger charge is 2.31. The molecule has 0 spiro atoms. The van der Waals surface area contributed by atoms with Crippen molar-refractivity contribution in [3.05, 3.63) is 28.2 Å². The van der Waals surface area contributed by atoms with Crippen molar-refractivity contribution >= 4 is 21.6 Å². The summed E-state index contributed by atoms with van der Waals surface area (Å²) in [5.74, 6) is 0. The first kappa shape index (κ1) is 14.8. The van der Waals surface area contributed by atoms with Gasteiger partial charge in [0.05, 0.1) is 0 Å². The van der Waals surface area contributed by atoms with Gasteiger partial charge in [-0.3, -0.25) is 0 Å². The van der Waals surface area contributed by atoms with Gasteiger partial charge in [0.15, 0.2) is 0 Å². The van der Waals surface area contributed by atoms with Crippen LogP contribution in [0.4, 0.5) is 5.69 Å². The smallest absolute Gasteiger partial charge is 0.0446 e. The number of piperazine rings is 1. The Bertz CT molecular complexity index is 448. The van der Waals surface area contributed by atoms with Crippen LogP contribution >= 0.6 is 15.9 Å². The van der Waals surface area contributed by atoms with E-state index in [1.165, 1.54) is 11.3 Å². The Morgan fingerprint density at radius 3 is 2.84 bits per heavy atom. The topological polar surface area (TPSA) is 35.5 Å². The predicted octanol–water partition coefficient (Wildman–Crippen LogP) is 2.70. The molecule has 0 bridgehead atoms. The lowest BCUT2D eigenvalue weighted by Gasteiger charge is -2.45. The zero-order chi connectivity index (χ0) is 14.0. The summed E-state index contributed by atoms with van der Waals surface area (Å²) in [5.41, 5.74) is 2.59. The Balaban J connectivity index is 2.20. The number of aliphatic hydroxyl groups is 1. The molecule has 0 aromatic heterocycles. The average Bonchev–Trinajstić information content (AvgIpc) is 2.31. The average molecular weight is 327 g/mol. The summed E-state index contributed by atoms with van der Waals surface area (Å²) in [6.45, 7) is 8.72. The molecule has 1 aliphatic heterocycles. The molecule has 106 valence electrons. The molecule has 1 heterocycles. The van der Waals surface area contributed by atoms with Crippen LogP contribution in [0.2, 0.25) is 0 Å². The van der Waals surface area contributed by atoms with Gasteiger partial charge in [0.1, 0.15) is 0 Å². The van der Waals surface area contributed by atoms with E-state index in [1.807, 2.05) is 0 Å². The molecule has 0 radical (unpaired) electrons. The number of aliphatic hydroxyl groups excluding tert-OH is 1. The molecule has 0 saturated carbocycles. The third kappa shape index (κ3) is 3.71. The number of aryl methyl sites for hydroxylation is 1. The number of hydrogen-bond acceptors (Lipinski definition) is 3. The van der Waals surface area contributed by atoms with E-state index in [0.717, 1.165) is 24.0 Å². The largest absolute Gasteiger partial charge is 0.396 e. The van der Waals surface area contributed by atoms with Crippen molar-refractivity contribution in [1.82, 2.24) is 5.32 Å². The van der Waals surface area contributed by atoms with E-state index in [4.69, 9.17) is 5.11 Å². The van der Waals surface area contributed by atoms with Crippen LogP contribution in [0.15, 0.2) is 22.7 Å². The Hall–Kier alpha value is -0.580. The first-order valence-corrected chi connectivity index (χ1v) is 7.60. The molecular weight excluding hydrogens is 304 g/mol. The van der Waals surface area contributed by atoms with Crippen LogP contribution in [0.25, 0.3) is 0 Å². The fourth-order valence-electron chi connectivity index (χ4n) is 2.79. The van der Waals surface area contributed by atoms with Gasteiger partial charge in [-0.15, -0.1) is 0 Å². The summed E-state index contributed by atoms with van der Waals surface area (Å²) in [6.07, 6.45) is 0.801. The molecular formula is C15H23BrN2O. The van der Waals surface area contributed by atoms with Crippen molar-refractivity contribution in [2.45, 2.75) is 38.8 Å². The summed E-state index contributed by atoms with van der Waals surface area (Å²) >= 11 is 3.55. The maximum absolute atomic E-state index is 9.16. The number of benzene rings is 1. The van der Waals surface area contributed by atoms with Gasteiger partial charge < -0.3 is 15.3 Å². The predicted molar refractivity (Wildman–Crippen MR) is 83.8 cm³/mol. The fraction of sp³-hybridized carbons (Fsp3) is 0.600. The van der Waals surface area contributed by atoms with E-state index < -0.39 is 0 Å². The molecule has 0 aliphatic carbocycles. The second-order valence-electron chi connectivity index (χ2n) is 6.05. The minimum atomic E-state index is 0.0685. The molecule has 1 atom stereocenters. The molecule has 1 saturated heterocycles. The van der Waals surface area contributed by atoms with Crippen LogP contribution in [-0.2, 0) is 0 Å². The Kier molecular flexibility index (Phi) is 4.54. The molecule has 1 unspecified atom stereocenters. The van der Waals surface area contributed by atoms with Gasteiger partial charge in [-0.1, -0.05) is 15.9 Å². The normalized spacial score (nSPS) is 22.6. The quantitative estimate of drug-likeness (QED) is 0.896. The number of nitrogens with zero attached hydrogens (tertiary/aromatic N) is 1. The van der Waals surface area contributed by atoms with Gasteiger partial charge in [-0.25, -0.2) is 0 Å². The highest BCUT2D eigenvalue weighted by molar-refractivity contribution is 9.10. The molecule has 19 heavy (non-hydrogen) atoms. The monoisotopic (exact) mass is 326 g/mol. The highest BCUT2D eigenvalue weighted by atomic mass is 79.9. The minimum absolute atomic E-state index is 0.0685. The lowest BCUT2D eigenvalue weighted by molar-refractivity contribution is 0.224. The van der Waals surface area contributed by atoms with E-state index in [-0.39, 0.29) is 12.1 Å². The van der Waals surface area contributed by atoms with Crippen molar-refractivity contribution < 1.29 is 5.11 Å². The van der Waals surface area contributed by atoms with Gasteiger partial charge in [0.25, 0.3) is 0 Å². The molecule has 1 aliphatic rings. The maximum atomic E-state index is 9.16. The van der Waals surface area contributed by atoms with Crippen LogP contribution in [0.1, 0.15) is 25.8 Å². The molecule has 2 rings (SSSR count). The number of nitrogens with one attached hydrogen (secondary N) is 1. The minimum Gasteiger partial charge on any atom is -0.396 e. The lowest BCUT2D eigenvalue weighted by atomic mass is 9.96. The molecule has 3 nitrogen and oxygen atoms in total. The van der Waals surface area contributed by atoms with Gasteiger partial charge in [-0.05, 0) is 51.0 Å². The van der Waals surface area contributed by atoms with Crippen molar-refractivity contribution in [1.29, 1.82) is 0 Å². The standard InChI is InChI=1S/C15H23BrN2O/c1-11-8-13(4-5-14(11)16)18-9-12(6-7-19)17-15(2,3)10-18/h4-5,8,12,17,19H,6-7,9-10H2,1-3H3. The second kappa shape index (κ2) is 5.81. The van der Waals surface area contributed by atoms with E-state index in [2.05, 4.69) is 65.1 Å². The number of rotatable bonds is 3. The third-order valence-corrected chi connectivity index (χ3v) is 4.50. The molecule has 1 aromatic carbocycles. The van der Waals surface area contributed by atoms with Gasteiger partial charge >= 0.3 is 0 Å². The summed E-state index contributed by atoms with van der Waals surface area (Å²) in [4.78, 5) is 2.41. The lowest BCUT2D eigenvalue weighted by Crippen LogP contribution is -2.62. The number of hydrogen-bond donors (Lipinski definition) is 2. The second-order valence-corrected chi connectivity index (χ2v) is 6.91. The third-order valence-electron chi connectivity index (χ3n) is 3.61. The van der Waals surface area contributed by atoms with Crippen molar-refractivity contribution in [2.24, 2.45) is 0 Å². The van der Waals surface area contributed by atoms with Crippen molar-refractivity contribution in [3.8, 4) is 0 Å². The van der Waals surface area contributed by atoms with Gasteiger partial charge in [-0.2, -0.15) is 0 Å². The van der Waals surface area contributed by atoms with Gasteiger partial charge in [0, 0.05) is 41.4 Å². The molecule has 2 N–H and O–H groups in total.